The summed E-state index contributed by atoms with van der Waals surface area (Å²) in [5, 5.41) is 11.1. The Bertz CT molecular complexity index is 1670. The van der Waals surface area contributed by atoms with Gasteiger partial charge in [0, 0.05) is 37.4 Å². The Morgan fingerprint density at radius 3 is 2.61 bits per heavy atom. The van der Waals surface area contributed by atoms with Crippen molar-refractivity contribution < 1.29 is 13.5 Å². The van der Waals surface area contributed by atoms with Gasteiger partial charge in [-0.1, -0.05) is 36.4 Å². The molecule has 41 heavy (non-hydrogen) atoms. The van der Waals surface area contributed by atoms with E-state index in [-0.39, 0.29) is 11.9 Å². The summed E-state index contributed by atoms with van der Waals surface area (Å²) in [4.78, 5) is 18.1. The number of halogens is 2. The summed E-state index contributed by atoms with van der Waals surface area (Å²) < 4.78 is 37.5. The van der Waals surface area contributed by atoms with Crippen LogP contribution < -0.4 is 10.6 Å². The van der Waals surface area contributed by atoms with Crippen LogP contribution in [0, 0.1) is 0 Å². The van der Waals surface area contributed by atoms with Gasteiger partial charge in [0.05, 0.1) is 23.3 Å². The van der Waals surface area contributed by atoms with E-state index in [0.29, 0.717) is 43.0 Å². The number of para-hydroxylation sites is 2. The van der Waals surface area contributed by atoms with Crippen LogP contribution in [-0.2, 0) is 18.2 Å². The van der Waals surface area contributed by atoms with Crippen LogP contribution in [-0.4, -0.2) is 59.5 Å². The molecule has 1 fully saturated rings. The molecule has 10 nitrogen and oxygen atoms in total. The first-order chi connectivity index (χ1) is 19.8. The van der Waals surface area contributed by atoms with E-state index < -0.39 is 23.9 Å². The molecule has 0 amide bonds. The molecule has 1 aliphatic heterocycles. The molecule has 2 aromatic carbocycles. The molecule has 0 aliphatic carbocycles. The smallest absolute Gasteiger partial charge is 0.296 e. The predicted molar refractivity (Wildman–Crippen MR) is 151 cm³/mol. The lowest BCUT2D eigenvalue weighted by molar-refractivity contribution is 0.0220. The molecule has 5 aromatic rings. The summed E-state index contributed by atoms with van der Waals surface area (Å²) >= 11 is 0. The first-order valence-electron chi connectivity index (χ1n) is 13.5. The molecule has 0 spiro atoms. The molecule has 212 valence electrons. The summed E-state index contributed by atoms with van der Waals surface area (Å²) in [6.07, 6.45) is -0.877. The predicted octanol–water partition coefficient (Wildman–Crippen LogP) is 4.64. The van der Waals surface area contributed by atoms with E-state index in [4.69, 9.17) is 9.72 Å². The summed E-state index contributed by atoms with van der Waals surface area (Å²) in [7, 11) is 1.92. The summed E-state index contributed by atoms with van der Waals surface area (Å²) in [5.41, 5.74) is 3.59. The Balaban J connectivity index is 1.40. The van der Waals surface area contributed by atoms with Crippen molar-refractivity contribution in [2.75, 3.05) is 25.0 Å². The van der Waals surface area contributed by atoms with Gasteiger partial charge in [0.2, 0.25) is 11.9 Å². The molecule has 4 heterocycles. The fourth-order valence-electron chi connectivity index (χ4n) is 5.20. The highest BCUT2D eigenvalue weighted by molar-refractivity contribution is 5.77. The Morgan fingerprint density at radius 1 is 1.05 bits per heavy atom. The topological polar surface area (TPSA) is 108 Å². The molecule has 0 saturated carbocycles. The Kier molecular flexibility index (Phi) is 7.18. The minimum Gasteiger partial charge on any atom is -0.368 e. The Hall–Kier alpha value is -4.29. The van der Waals surface area contributed by atoms with Gasteiger partial charge >= 0.3 is 0 Å². The normalized spacial score (nSPS) is 16.0. The number of imidazole rings is 1. The van der Waals surface area contributed by atoms with Crippen molar-refractivity contribution in [2.45, 2.75) is 38.3 Å². The van der Waals surface area contributed by atoms with Gasteiger partial charge in [-0.15, -0.1) is 0 Å². The van der Waals surface area contributed by atoms with Gasteiger partial charge in [-0.2, -0.15) is 20.1 Å². The number of hydrogen-bond donors (Lipinski definition) is 2. The third-order valence-electron chi connectivity index (χ3n) is 7.04. The highest BCUT2D eigenvalue weighted by Crippen LogP contribution is 2.30. The minimum atomic E-state index is -2.83. The molecular weight excluding hydrogens is 528 g/mol. The van der Waals surface area contributed by atoms with E-state index in [1.165, 1.54) is 4.57 Å². The van der Waals surface area contributed by atoms with Crippen LogP contribution in [0.3, 0.4) is 0 Å². The maximum Gasteiger partial charge on any atom is 0.296 e. The molecule has 3 aromatic heterocycles. The number of aromatic nitrogens is 7. The lowest BCUT2D eigenvalue weighted by Crippen LogP contribution is -2.36. The van der Waals surface area contributed by atoms with Gasteiger partial charge in [-0.3, -0.25) is 9.25 Å². The standard InChI is InChI=1S/C29H31F2N9O/c1-29(2,16-18-8-4-5-9-19(18)21-12-13-33-39(21)3)38-27-35-25(23-17-32-14-15-41-23)36-28(37-27)40-22-11-7-6-10-20(22)34-26(40)24(30)31/h4-13,23-24,32H,14-17H2,1-3H3,(H,35,36,37,38). The molecule has 2 N–H and O–H groups in total. The van der Waals surface area contributed by atoms with E-state index in [1.807, 2.05) is 43.8 Å². The van der Waals surface area contributed by atoms with Crippen molar-refractivity contribution >= 4 is 17.0 Å². The number of hydrogen-bond acceptors (Lipinski definition) is 8. The number of anilines is 1. The van der Waals surface area contributed by atoms with Gasteiger partial charge in [0.25, 0.3) is 6.43 Å². The summed E-state index contributed by atoms with van der Waals surface area (Å²) in [6.45, 7) is 5.79. The molecule has 12 heteroatoms. The van der Waals surface area contributed by atoms with E-state index in [9.17, 15) is 8.78 Å². The molecule has 1 saturated heterocycles. The quantitative estimate of drug-likeness (QED) is 0.283. The van der Waals surface area contributed by atoms with Crippen LogP contribution in [0.2, 0.25) is 0 Å². The fourth-order valence-corrected chi connectivity index (χ4v) is 5.20. The zero-order valence-corrected chi connectivity index (χ0v) is 23.1. The van der Waals surface area contributed by atoms with E-state index in [0.717, 1.165) is 16.8 Å². The molecule has 0 radical (unpaired) electrons. The molecule has 1 atom stereocenters. The van der Waals surface area contributed by atoms with Crippen molar-refractivity contribution in [1.82, 2.24) is 39.6 Å². The molecular formula is C29H31F2N9O. The van der Waals surface area contributed by atoms with Crippen LogP contribution in [0.15, 0.2) is 60.8 Å². The average Bonchev–Trinajstić information content (AvgIpc) is 3.57. The first kappa shape index (κ1) is 26.9. The van der Waals surface area contributed by atoms with Crippen LogP contribution in [0.1, 0.15) is 43.6 Å². The number of nitrogens with zero attached hydrogens (tertiary/aromatic N) is 7. The molecule has 6 rings (SSSR count). The monoisotopic (exact) mass is 559 g/mol. The van der Waals surface area contributed by atoms with Gasteiger partial charge in [-0.25, -0.2) is 13.8 Å². The zero-order chi connectivity index (χ0) is 28.6. The lowest BCUT2D eigenvalue weighted by atomic mass is 9.91. The third kappa shape index (κ3) is 5.52. The number of morpholine rings is 1. The van der Waals surface area contributed by atoms with Crippen LogP contribution >= 0.6 is 0 Å². The van der Waals surface area contributed by atoms with Crippen molar-refractivity contribution in [2.24, 2.45) is 7.05 Å². The van der Waals surface area contributed by atoms with Gasteiger partial charge < -0.3 is 15.4 Å². The maximum atomic E-state index is 14.2. The highest BCUT2D eigenvalue weighted by atomic mass is 19.3. The van der Waals surface area contributed by atoms with Crippen molar-refractivity contribution in [1.29, 1.82) is 0 Å². The average molecular weight is 560 g/mol. The molecule has 1 aliphatic rings. The van der Waals surface area contributed by atoms with Crippen LogP contribution in [0.4, 0.5) is 14.7 Å². The van der Waals surface area contributed by atoms with E-state index >= 15 is 0 Å². The van der Waals surface area contributed by atoms with Crippen LogP contribution in [0.5, 0.6) is 0 Å². The maximum absolute atomic E-state index is 14.2. The lowest BCUT2D eigenvalue weighted by Gasteiger charge is -2.28. The molecule has 1 unspecified atom stereocenters. The van der Waals surface area contributed by atoms with Gasteiger partial charge in [0.1, 0.15) is 6.10 Å². The number of fused-ring (bicyclic) bond motifs is 1. The zero-order valence-electron chi connectivity index (χ0n) is 23.1. The largest absolute Gasteiger partial charge is 0.368 e. The second-order valence-corrected chi connectivity index (χ2v) is 10.7. The van der Waals surface area contributed by atoms with Crippen molar-refractivity contribution in [3.63, 3.8) is 0 Å². The summed E-state index contributed by atoms with van der Waals surface area (Å²) in [5.74, 6) is 0.247. The number of alkyl halides is 2. The number of aryl methyl sites for hydroxylation is 1. The highest BCUT2D eigenvalue weighted by Gasteiger charge is 2.28. The van der Waals surface area contributed by atoms with Crippen LogP contribution in [0.25, 0.3) is 28.2 Å². The second-order valence-electron chi connectivity index (χ2n) is 10.7. The second kappa shape index (κ2) is 10.9. The first-order valence-corrected chi connectivity index (χ1v) is 13.5. The van der Waals surface area contributed by atoms with Crippen molar-refractivity contribution in [3.05, 3.63) is 78.0 Å². The third-order valence-corrected chi connectivity index (χ3v) is 7.04. The number of nitrogens with one attached hydrogen (secondary N) is 2. The van der Waals surface area contributed by atoms with Crippen molar-refractivity contribution in [3.8, 4) is 17.2 Å². The SMILES string of the molecule is Cn1nccc1-c1ccccc1CC(C)(C)Nc1nc(C2CNCCO2)nc(-n2c(C(F)F)nc3ccccc32)n1. The number of ether oxygens (including phenoxy) is 1. The summed E-state index contributed by atoms with van der Waals surface area (Å²) in [6, 6.07) is 17.1. The minimum absolute atomic E-state index is 0.0572. The van der Waals surface area contributed by atoms with E-state index in [2.05, 4.69) is 42.8 Å². The van der Waals surface area contributed by atoms with Gasteiger partial charge in [-0.05, 0) is 44.0 Å². The number of rotatable bonds is 8. The fraction of sp³-hybridized carbons (Fsp3) is 0.345. The Morgan fingerprint density at radius 2 is 1.85 bits per heavy atom. The van der Waals surface area contributed by atoms with E-state index in [1.54, 1.807) is 30.5 Å². The van der Waals surface area contributed by atoms with Gasteiger partial charge in [0.15, 0.2) is 11.6 Å². The number of benzene rings is 2. The Labute approximate surface area is 235 Å². The molecule has 0 bridgehead atoms.